The van der Waals surface area contributed by atoms with Crippen LogP contribution >= 0.6 is 0 Å². The van der Waals surface area contributed by atoms with Crippen molar-refractivity contribution in [2.24, 2.45) is 0 Å². The Labute approximate surface area is 111 Å². The molecule has 0 unspecified atom stereocenters. The molecule has 2 heteroatoms. The lowest BCUT2D eigenvalue weighted by atomic mass is 9.84. The Hall–Kier alpha value is -0.860. The Kier molecular flexibility index (Phi) is 4.41. The summed E-state index contributed by atoms with van der Waals surface area (Å²) in [6, 6.07) is 8.40. The number of hydrogen-bond donors (Lipinski definition) is 1. The number of benzene rings is 1. The molecule has 1 N–H and O–H groups in total. The zero-order chi connectivity index (χ0) is 13.0. The van der Waals surface area contributed by atoms with E-state index in [2.05, 4.69) is 43.0 Å². The lowest BCUT2D eigenvalue weighted by Gasteiger charge is -2.38. The van der Waals surface area contributed by atoms with Crippen molar-refractivity contribution in [3.05, 3.63) is 35.4 Å². The summed E-state index contributed by atoms with van der Waals surface area (Å²) in [5, 5.41) is 10.7. The highest BCUT2D eigenvalue weighted by Crippen LogP contribution is 2.27. The fraction of sp³-hybridized carbons (Fsp3) is 0.625. The van der Waals surface area contributed by atoms with E-state index >= 15 is 0 Å². The molecule has 0 radical (unpaired) electrons. The predicted molar refractivity (Wildman–Crippen MR) is 75.8 cm³/mol. The number of aliphatic hydroxyl groups is 1. The molecular formula is C16H25NO. The number of aryl methyl sites for hydroxylation is 1. The Morgan fingerprint density at radius 3 is 2.50 bits per heavy atom. The first-order valence-corrected chi connectivity index (χ1v) is 7.12. The van der Waals surface area contributed by atoms with E-state index in [-0.39, 0.29) is 0 Å². The molecule has 1 aliphatic rings. The van der Waals surface area contributed by atoms with Gasteiger partial charge in [-0.1, -0.05) is 31.2 Å². The second-order valence-electron chi connectivity index (χ2n) is 5.67. The van der Waals surface area contributed by atoms with E-state index in [1.54, 1.807) is 0 Å². The van der Waals surface area contributed by atoms with Gasteiger partial charge >= 0.3 is 0 Å². The van der Waals surface area contributed by atoms with Crippen molar-refractivity contribution >= 4 is 0 Å². The molecule has 18 heavy (non-hydrogen) atoms. The molecule has 0 bridgehead atoms. The predicted octanol–water partition coefficient (Wildman–Crippen LogP) is 2.77. The molecule has 0 spiro atoms. The number of rotatable bonds is 4. The van der Waals surface area contributed by atoms with E-state index in [9.17, 15) is 5.11 Å². The topological polar surface area (TPSA) is 23.5 Å². The average molecular weight is 247 g/mol. The minimum atomic E-state index is -0.490. The van der Waals surface area contributed by atoms with Gasteiger partial charge in [0.2, 0.25) is 0 Å². The summed E-state index contributed by atoms with van der Waals surface area (Å²) in [6.45, 7) is 7.59. The Bertz CT molecular complexity index is 380. The molecule has 0 aromatic heterocycles. The first-order valence-electron chi connectivity index (χ1n) is 7.12. The van der Waals surface area contributed by atoms with Gasteiger partial charge in [-0.25, -0.2) is 0 Å². The maximum atomic E-state index is 10.7. The van der Waals surface area contributed by atoms with Crippen LogP contribution in [0, 0.1) is 6.92 Å². The highest BCUT2D eigenvalue weighted by atomic mass is 16.3. The molecule has 1 heterocycles. The molecule has 100 valence electrons. The summed E-state index contributed by atoms with van der Waals surface area (Å²) < 4.78 is 0. The van der Waals surface area contributed by atoms with Crippen LogP contribution in [0.1, 0.15) is 37.3 Å². The normalized spacial score (nSPS) is 19.9. The zero-order valence-corrected chi connectivity index (χ0v) is 11.7. The smallest absolute Gasteiger partial charge is 0.0712 e. The minimum absolute atomic E-state index is 0.490. The van der Waals surface area contributed by atoms with Crippen LogP contribution in [0.15, 0.2) is 24.3 Å². The van der Waals surface area contributed by atoms with E-state index in [0.717, 1.165) is 32.4 Å². The van der Waals surface area contributed by atoms with Gasteiger partial charge in [0.1, 0.15) is 0 Å². The van der Waals surface area contributed by atoms with Gasteiger partial charge in [-0.2, -0.15) is 0 Å². The Balaban J connectivity index is 1.96. The van der Waals surface area contributed by atoms with Crippen LogP contribution in [0.4, 0.5) is 0 Å². The summed E-state index contributed by atoms with van der Waals surface area (Å²) in [5.41, 5.74) is 2.10. The van der Waals surface area contributed by atoms with Crippen LogP contribution in [0.3, 0.4) is 0 Å². The van der Waals surface area contributed by atoms with Gasteiger partial charge < -0.3 is 10.0 Å². The molecule has 0 atom stereocenters. The van der Waals surface area contributed by atoms with Gasteiger partial charge in [-0.3, -0.25) is 0 Å². The third-order valence-corrected chi connectivity index (χ3v) is 4.11. The maximum absolute atomic E-state index is 10.7. The third-order valence-electron chi connectivity index (χ3n) is 4.11. The lowest BCUT2D eigenvalue weighted by molar-refractivity contribution is -0.0206. The maximum Gasteiger partial charge on any atom is 0.0712 e. The van der Waals surface area contributed by atoms with Gasteiger partial charge in [-0.15, -0.1) is 0 Å². The molecule has 1 aromatic rings. The zero-order valence-electron chi connectivity index (χ0n) is 11.7. The van der Waals surface area contributed by atoms with E-state index in [1.807, 2.05) is 0 Å². The minimum Gasteiger partial charge on any atom is -0.389 e. The van der Waals surface area contributed by atoms with Crippen LogP contribution < -0.4 is 0 Å². The number of hydrogen-bond acceptors (Lipinski definition) is 2. The molecule has 2 rings (SSSR count). The third kappa shape index (κ3) is 3.33. The van der Waals surface area contributed by atoms with Gasteiger partial charge in [0.15, 0.2) is 0 Å². The molecule has 0 saturated carbocycles. The fourth-order valence-electron chi connectivity index (χ4n) is 2.85. The largest absolute Gasteiger partial charge is 0.389 e. The quantitative estimate of drug-likeness (QED) is 0.884. The van der Waals surface area contributed by atoms with E-state index in [1.165, 1.54) is 24.1 Å². The Morgan fingerprint density at radius 1 is 1.22 bits per heavy atom. The van der Waals surface area contributed by atoms with Crippen LogP contribution in [0.25, 0.3) is 0 Å². The second-order valence-corrected chi connectivity index (χ2v) is 5.67. The van der Waals surface area contributed by atoms with Crippen molar-refractivity contribution in [3.8, 4) is 0 Å². The van der Waals surface area contributed by atoms with Crippen molar-refractivity contribution in [3.63, 3.8) is 0 Å². The number of piperidine rings is 1. The summed E-state index contributed by atoms with van der Waals surface area (Å²) >= 11 is 0. The monoisotopic (exact) mass is 247 g/mol. The molecule has 1 saturated heterocycles. The van der Waals surface area contributed by atoms with Crippen molar-refractivity contribution < 1.29 is 5.11 Å². The van der Waals surface area contributed by atoms with Gasteiger partial charge in [-0.05, 0) is 43.9 Å². The fourth-order valence-corrected chi connectivity index (χ4v) is 2.85. The lowest BCUT2D eigenvalue weighted by Crippen LogP contribution is -2.45. The highest BCUT2D eigenvalue weighted by Gasteiger charge is 2.32. The molecule has 1 aliphatic heterocycles. The summed E-state index contributed by atoms with van der Waals surface area (Å²) in [5.74, 6) is 0. The van der Waals surface area contributed by atoms with Crippen molar-refractivity contribution in [2.45, 2.75) is 45.1 Å². The molecule has 0 aliphatic carbocycles. The van der Waals surface area contributed by atoms with E-state index in [0.29, 0.717) is 0 Å². The first kappa shape index (κ1) is 13.6. The van der Waals surface area contributed by atoms with Gasteiger partial charge in [0.05, 0.1) is 5.60 Å². The molecule has 1 fully saturated rings. The molecule has 0 amide bonds. The van der Waals surface area contributed by atoms with Crippen LogP contribution in [0.5, 0.6) is 0 Å². The average Bonchev–Trinajstić information content (AvgIpc) is 2.36. The van der Waals surface area contributed by atoms with Crippen molar-refractivity contribution in [2.75, 3.05) is 19.6 Å². The van der Waals surface area contributed by atoms with Crippen LogP contribution in [0.2, 0.25) is 0 Å². The van der Waals surface area contributed by atoms with E-state index in [4.69, 9.17) is 0 Å². The SMILES string of the molecule is CCCN1CCC(O)(Cc2ccccc2C)CC1. The number of nitrogens with zero attached hydrogens (tertiary/aromatic N) is 1. The van der Waals surface area contributed by atoms with E-state index < -0.39 is 5.60 Å². The first-order chi connectivity index (χ1) is 8.63. The van der Waals surface area contributed by atoms with Crippen molar-refractivity contribution in [1.29, 1.82) is 0 Å². The highest BCUT2D eigenvalue weighted by molar-refractivity contribution is 5.27. The van der Waals surface area contributed by atoms with Crippen LogP contribution in [-0.4, -0.2) is 35.2 Å². The summed E-state index contributed by atoms with van der Waals surface area (Å²) in [4.78, 5) is 2.46. The van der Waals surface area contributed by atoms with Crippen LogP contribution in [-0.2, 0) is 6.42 Å². The molecular weight excluding hydrogens is 222 g/mol. The Morgan fingerprint density at radius 2 is 1.89 bits per heavy atom. The summed E-state index contributed by atoms with van der Waals surface area (Å²) in [6.07, 6.45) is 3.82. The molecule has 1 aromatic carbocycles. The number of likely N-dealkylation sites (tertiary alicyclic amines) is 1. The van der Waals surface area contributed by atoms with Gasteiger partial charge in [0, 0.05) is 19.5 Å². The summed E-state index contributed by atoms with van der Waals surface area (Å²) in [7, 11) is 0. The standard InChI is InChI=1S/C16H25NO/c1-3-10-17-11-8-16(18,9-12-17)13-15-7-5-4-6-14(15)2/h4-7,18H,3,8-13H2,1-2H3. The van der Waals surface area contributed by atoms with Crippen molar-refractivity contribution in [1.82, 2.24) is 4.90 Å². The second kappa shape index (κ2) is 5.85. The van der Waals surface area contributed by atoms with Gasteiger partial charge in [0.25, 0.3) is 0 Å². The molecule has 2 nitrogen and oxygen atoms in total.